The molecule has 2 saturated heterocycles. The van der Waals surface area contributed by atoms with E-state index in [9.17, 15) is 22.9 Å². The molecule has 13 nitrogen and oxygen atoms in total. The van der Waals surface area contributed by atoms with Crippen molar-refractivity contribution in [2.45, 2.75) is 57.4 Å². The molecule has 0 spiro atoms. The van der Waals surface area contributed by atoms with Crippen molar-refractivity contribution in [3.05, 3.63) is 93.7 Å². The van der Waals surface area contributed by atoms with E-state index in [1.165, 1.54) is 12.1 Å². The van der Waals surface area contributed by atoms with Gasteiger partial charge >= 0.3 is 0 Å². The zero-order chi connectivity index (χ0) is 43.3. The SMILES string of the molecule is CCc1cc(Nc2ncc(Br)c(Nc3ccc4ncccc4c3P(C)(C)=O)n2)c(OC)cc1N1CCC(NCCNCCc2cc(F)c(C3CCC(=O)NC3=O)c(F)c2)CC1. The summed E-state index contributed by atoms with van der Waals surface area (Å²) in [6.07, 6.45) is 6.72. The van der Waals surface area contributed by atoms with Crippen LogP contribution in [0.1, 0.15) is 55.2 Å². The number of halogens is 3. The number of carbonyl (C=O) groups excluding carboxylic acids is 2. The van der Waals surface area contributed by atoms with E-state index >= 15 is 0 Å². The van der Waals surface area contributed by atoms with Crippen molar-refractivity contribution in [3.8, 4) is 5.75 Å². The third kappa shape index (κ3) is 10.4. The molecule has 1 unspecified atom stereocenters. The second-order valence-electron chi connectivity index (χ2n) is 15.7. The molecular formula is C44H51BrF2N9O4P. The Morgan fingerprint density at radius 3 is 2.44 bits per heavy atom. The number of rotatable bonds is 16. The maximum Gasteiger partial charge on any atom is 0.234 e. The zero-order valence-corrected chi connectivity index (χ0v) is 37.2. The highest BCUT2D eigenvalue weighted by atomic mass is 79.9. The molecule has 2 aliphatic rings. The van der Waals surface area contributed by atoms with Gasteiger partial charge in [-0.1, -0.05) is 13.0 Å². The van der Waals surface area contributed by atoms with Crippen LogP contribution in [0.5, 0.6) is 5.75 Å². The van der Waals surface area contributed by atoms with E-state index in [4.69, 9.17) is 9.72 Å². The molecule has 2 fully saturated rings. The van der Waals surface area contributed by atoms with Gasteiger partial charge in [0, 0.05) is 79.0 Å². The quantitative estimate of drug-likeness (QED) is 0.0383. The van der Waals surface area contributed by atoms with Crippen LogP contribution in [0.15, 0.2) is 65.4 Å². The first-order valence-electron chi connectivity index (χ1n) is 20.5. The molecule has 2 amide bonds. The summed E-state index contributed by atoms with van der Waals surface area (Å²) in [6, 6.07) is 14.7. The van der Waals surface area contributed by atoms with Gasteiger partial charge in [-0.15, -0.1) is 0 Å². The first-order chi connectivity index (χ1) is 29.3. The molecule has 0 saturated carbocycles. The van der Waals surface area contributed by atoms with Gasteiger partial charge in [0.2, 0.25) is 17.8 Å². The number of nitrogens with zero attached hydrogens (tertiary/aromatic N) is 4. The second-order valence-corrected chi connectivity index (χ2v) is 19.8. The van der Waals surface area contributed by atoms with E-state index in [0.717, 1.165) is 66.7 Å². The Bertz CT molecular complexity index is 2460. The molecule has 0 bridgehead atoms. The number of hydrogen-bond donors (Lipinski definition) is 5. The number of carbonyl (C=O) groups is 2. The maximum atomic E-state index is 14.9. The van der Waals surface area contributed by atoms with Crippen molar-refractivity contribution in [2.24, 2.45) is 0 Å². The summed E-state index contributed by atoms with van der Waals surface area (Å²) in [7, 11) is -1.07. The van der Waals surface area contributed by atoms with Crippen molar-refractivity contribution in [1.82, 2.24) is 30.9 Å². The van der Waals surface area contributed by atoms with Crippen LogP contribution in [0.4, 0.5) is 37.6 Å². The van der Waals surface area contributed by atoms with Crippen LogP contribution >= 0.6 is 23.1 Å². The van der Waals surface area contributed by atoms with Gasteiger partial charge in [-0.25, -0.2) is 13.8 Å². The Morgan fingerprint density at radius 2 is 1.74 bits per heavy atom. The van der Waals surface area contributed by atoms with Gasteiger partial charge in [-0.2, -0.15) is 4.98 Å². The summed E-state index contributed by atoms with van der Waals surface area (Å²) in [5.74, 6) is -2.06. The molecule has 0 radical (unpaired) electrons. The minimum Gasteiger partial charge on any atom is -0.494 e. The molecular weight excluding hydrogens is 867 g/mol. The molecule has 1 atom stereocenters. The summed E-state index contributed by atoms with van der Waals surface area (Å²) in [5, 5.41) is 17.5. The van der Waals surface area contributed by atoms with Crippen LogP contribution in [0, 0.1) is 11.6 Å². The number of imide groups is 1. The number of pyridine rings is 1. The molecule has 7 rings (SSSR count). The predicted molar refractivity (Wildman–Crippen MR) is 241 cm³/mol. The molecule has 0 aliphatic carbocycles. The van der Waals surface area contributed by atoms with E-state index in [1.54, 1.807) is 32.8 Å². The zero-order valence-electron chi connectivity index (χ0n) is 34.7. The Labute approximate surface area is 362 Å². The third-order valence-electron chi connectivity index (χ3n) is 11.2. The highest BCUT2D eigenvalue weighted by Crippen LogP contribution is 2.42. The van der Waals surface area contributed by atoms with Gasteiger partial charge in [0.25, 0.3) is 0 Å². The van der Waals surface area contributed by atoms with Crippen molar-refractivity contribution >= 4 is 79.9 Å². The third-order valence-corrected chi connectivity index (χ3v) is 13.3. The molecule has 4 heterocycles. The normalized spacial score (nSPS) is 16.2. The number of amides is 2. The van der Waals surface area contributed by atoms with Crippen molar-refractivity contribution in [1.29, 1.82) is 0 Å². The number of anilines is 5. The summed E-state index contributed by atoms with van der Waals surface area (Å²) in [6.45, 7) is 9.38. The molecule has 3 aromatic carbocycles. The number of hydrogen-bond acceptors (Lipinski definition) is 12. The summed E-state index contributed by atoms with van der Waals surface area (Å²) >= 11 is 3.59. The fraction of sp³-hybridized carbons (Fsp3) is 0.386. The average molecular weight is 919 g/mol. The fourth-order valence-corrected chi connectivity index (χ4v) is 9.94. The molecule has 5 N–H and O–H groups in total. The number of ether oxygens (including phenoxy) is 1. The molecule has 322 valence electrons. The lowest BCUT2D eigenvalue weighted by Crippen LogP contribution is -2.44. The number of aryl methyl sites for hydroxylation is 1. The number of nitrogens with one attached hydrogen (secondary N) is 5. The standard InChI is InChI=1S/C44H51BrF2N9O4P/c1-5-27-23-36(53-44-51-25-31(45)42(55-44)52-35-10-9-34-29(7-6-15-50-34)41(35)61(3,4)59)38(60-2)24-37(27)56-19-13-28(14-20-56)49-18-17-48-16-12-26-21-32(46)40(33(47)22-26)30-8-11-39(57)54-43(30)58/h6-7,9-10,15,21-25,28,30,48-49H,5,8,11-14,16-20H2,1-4H3,(H,54,57,58)(H2,51,52,53,55). The first-order valence-corrected chi connectivity index (χ1v) is 23.9. The number of aromatic nitrogens is 3. The Kier molecular flexibility index (Phi) is 14.0. The van der Waals surface area contributed by atoms with Gasteiger partial charge < -0.3 is 35.5 Å². The fourth-order valence-electron chi connectivity index (χ4n) is 8.17. The molecule has 2 aliphatic heterocycles. The van der Waals surface area contributed by atoms with E-state index in [0.29, 0.717) is 64.1 Å². The average Bonchev–Trinajstić information content (AvgIpc) is 3.23. The van der Waals surface area contributed by atoms with Crippen LogP contribution in [0.25, 0.3) is 10.9 Å². The maximum absolute atomic E-state index is 14.9. The number of methoxy groups -OCH3 is 1. The minimum atomic E-state index is -2.72. The Morgan fingerprint density at radius 1 is 0.967 bits per heavy atom. The summed E-state index contributed by atoms with van der Waals surface area (Å²) in [5.41, 5.74) is 4.72. The van der Waals surface area contributed by atoms with Crippen molar-refractivity contribution < 1.29 is 27.7 Å². The molecule has 2 aromatic heterocycles. The largest absolute Gasteiger partial charge is 0.494 e. The van der Waals surface area contributed by atoms with Crippen LogP contribution in [-0.2, 0) is 27.0 Å². The Balaban J connectivity index is 0.916. The highest BCUT2D eigenvalue weighted by molar-refractivity contribution is 9.10. The lowest BCUT2D eigenvalue weighted by molar-refractivity contribution is -0.134. The number of piperidine rings is 2. The number of benzene rings is 3. The van der Waals surface area contributed by atoms with Crippen LogP contribution in [0.3, 0.4) is 0 Å². The van der Waals surface area contributed by atoms with Crippen molar-refractivity contribution in [3.63, 3.8) is 0 Å². The van der Waals surface area contributed by atoms with E-state index < -0.39 is 36.5 Å². The van der Waals surface area contributed by atoms with Gasteiger partial charge in [0.05, 0.1) is 34.4 Å². The molecule has 5 aromatic rings. The van der Waals surface area contributed by atoms with Crippen LogP contribution in [-0.4, -0.2) is 86.0 Å². The second kappa shape index (κ2) is 19.4. The summed E-state index contributed by atoms with van der Waals surface area (Å²) in [4.78, 5) is 39.8. The topological polar surface area (TPSA) is 162 Å². The first kappa shape index (κ1) is 44.0. The lowest BCUT2D eigenvalue weighted by Gasteiger charge is -2.35. The van der Waals surface area contributed by atoms with E-state index in [2.05, 4.69) is 76.4 Å². The van der Waals surface area contributed by atoms with E-state index in [-0.39, 0.29) is 18.4 Å². The van der Waals surface area contributed by atoms with Crippen molar-refractivity contribution in [2.75, 3.05) is 68.7 Å². The number of fused-ring (bicyclic) bond motifs is 1. The minimum absolute atomic E-state index is 0.0566. The lowest BCUT2D eigenvalue weighted by atomic mass is 9.89. The van der Waals surface area contributed by atoms with Gasteiger partial charge in [0.15, 0.2) is 0 Å². The van der Waals surface area contributed by atoms with Crippen LogP contribution < -0.4 is 41.5 Å². The molecule has 61 heavy (non-hydrogen) atoms. The van der Waals surface area contributed by atoms with Gasteiger partial charge in [-0.05, 0) is 115 Å². The predicted octanol–water partition coefficient (Wildman–Crippen LogP) is 7.28. The monoisotopic (exact) mass is 917 g/mol. The van der Waals surface area contributed by atoms with Gasteiger partial charge in [-0.3, -0.25) is 19.9 Å². The summed E-state index contributed by atoms with van der Waals surface area (Å²) < 4.78 is 49.9. The smallest absolute Gasteiger partial charge is 0.234 e. The Hall–Kier alpha value is -5.02. The highest BCUT2D eigenvalue weighted by Gasteiger charge is 2.32. The molecule has 17 heteroatoms. The van der Waals surface area contributed by atoms with Gasteiger partial charge in [0.1, 0.15) is 30.3 Å². The van der Waals surface area contributed by atoms with E-state index in [1.807, 2.05) is 24.3 Å². The van der Waals surface area contributed by atoms with Crippen LogP contribution in [0.2, 0.25) is 0 Å².